The molecule has 0 atom stereocenters. The molecule has 4 N–H and O–H groups in total. The number of ether oxygens (including phenoxy) is 1. The van der Waals surface area contributed by atoms with E-state index < -0.39 is 5.91 Å². The second kappa shape index (κ2) is 7.22. The maximum Gasteiger partial charge on any atom is 0.262 e. The molecule has 28 heavy (non-hydrogen) atoms. The van der Waals surface area contributed by atoms with Crippen LogP contribution in [0.15, 0.2) is 36.4 Å². The number of nitrogens with zero attached hydrogens (tertiary/aromatic N) is 1. The third-order valence-corrected chi connectivity index (χ3v) is 4.85. The van der Waals surface area contributed by atoms with Crippen LogP contribution in [0.3, 0.4) is 0 Å². The number of primary amides is 1. The van der Waals surface area contributed by atoms with Gasteiger partial charge in [0.1, 0.15) is 5.75 Å². The first-order chi connectivity index (χ1) is 13.5. The van der Waals surface area contributed by atoms with Gasteiger partial charge in [0, 0.05) is 24.2 Å². The van der Waals surface area contributed by atoms with Gasteiger partial charge in [-0.25, -0.2) is 0 Å². The first kappa shape index (κ1) is 17.8. The van der Waals surface area contributed by atoms with Crippen LogP contribution in [0.4, 0.5) is 17.1 Å². The summed E-state index contributed by atoms with van der Waals surface area (Å²) in [5.41, 5.74) is 8.03. The van der Waals surface area contributed by atoms with Gasteiger partial charge >= 0.3 is 0 Å². The molecule has 2 aromatic rings. The van der Waals surface area contributed by atoms with E-state index in [2.05, 4.69) is 15.5 Å². The van der Waals surface area contributed by atoms with E-state index in [1.807, 2.05) is 6.07 Å². The molecule has 0 unspecified atom stereocenters. The van der Waals surface area contributed by atoms with Gasteiger partial charge in [0.2, 0.25) is 5.91 Å². The summed E-state index contributed by atoms with van der Waals surface area (Å²) in [5, 5.41) is 5.57. The van der Waals surface area contributed by atoms with Gasteiger partial charge in [0.05, 0.1) is 17.1 Å². The normalized spacial score (nSPS) is 15.4. The summed E-state index contributed by atoms with van der Waals surface area (Å²) >= 11 is 0. The van der Waals surface area contributed by atoms with E-state index in [1.54, 1.807) is 30.3 Å². The lowest BCUT2D eigenvalue weighted by molar-refractivity contribution is -0.118. The van der Waals surface area contributed by atoms with Crippen LogP contribution in [0.2, 0.25) is 0 Å². The van der Waals surface area contributed by atoms with Crippen molar-refractivity contribution in [2.45, 2.75) is 12.8 Å². The summed E-state index contributed by atoms with van der Waals surface area (Å²) in [4.78, 5) is 37.9. The lowest BCUT2D eigenvalue weighted by atomic mass is 10.1. The highest BCUT2D eigenvalue weighted by Gasteiger charge is 2.21. The fraction of sp³-hybridized carbons (Fsp3) is 0.250. The molecule has 1 saturated heterocycles. The zero-order valence-corrected chi connectivity index (χ0v) is 15.2. The van der Waals surface area contributed by atoms with E-state index in [9.17, 15) is 14.4 Å². The molecule has 2 heterocycles. The third-order valence-electron chi connectivity index (χ3n) is 4.85. The monoisotopic (exact) mass is 380 g/mol. The van der Waals surface area contributed by atoms with Crippen molar-refractivity contribution < 1.29 is 19.1 Å². The van der Waals surface area contributed by atoms with Crippen molar-refractivity contribution in [3.8, 4) is 5.75 Å². The number of anilines is 3. The predicted octanol–water partition coefficient (Wildman–Crippen LogP) is 1.97. The van der Waals surface area contributed by atoms with Crippen LogP contribution in [0.1, 0.15) is 33.6 Å². The third kappa shape index (κ3) is 3.48. The number of fused-ring (bicyclic) bond motifs is 1. The average molecular weight is 380 g/mol. The Morgan fingerprint density at radius 1 is 1.07 bits per heavy atom. The molecule has 8 nitrogen and oxygen atoms in total. The summed E-state index contributed by atoms with van der Waals surface area (Å²) in [6.45, 7) is 1.70. The molecule has 0 aromatic heterocycles. The minimum absolute atomic E-state index is 0.0855. The van der Waals surface area contributed by atoms with Crippen molar-refractivity contribution in [3.63, 3.8) is 0 Å². The molecular formula is C20H20N4O4. The molecule has 144 valence electrons. The van der Waals surface area contributed by atoms with Crippen molar-refractivity contribution in [1.82, 2.24) is 0 Å². The zero-order chi connectivity index (χ0) is 19.7. The largest absolute Gasteiger partial charge is 0.482 e. The molecule has 0 saturated carbocycles. The number of hydrogen-bond donors (Lipinski definition) is 3. The molecule has 2 aliphatic heterocycles. The lowest BCUT2D eigenvalue weighted by Crippen LogP contribution is -2.26. The number of nitrogens with two attached hydrogens (primary N) is 1. The Labute approximate surface area is 161 Å². The highest BCUT2D eigenvalue weighted by atomic mass is 16.5. The maximum absolute atomic E-state index is 12.8. The smallest absolute Gasteiger partial charge is 0.262 e. The molecule has 0 spiro atoms. The summed E-state index contributed by atoms with van der Waals surface area (Å²) < 4.78 is 5.37. The molecule has 2 aliphatic rings. The summed E-state index contributed by atoms with van der Waals surface area (Å²) in [6.07, 6.45) is 2.16. The number of benzene rings is 2. The van der Waals surface area contributed by atoms with Crippen LogP contribution >= 0.6 is 0 Å². The van der Waals surface area contributed by atoms with Crippen LogP contribution in [0.25, 0.3) is 0 Å². The van der Waals surface area contributed by atoms with Crippen molar-refractivity contribution in [3.05, 3.63) is 47.5 Å². The lowest BCUT2D eigenvalue weighted by Gasteiger charge is -2.22. The quantitative estimate of drug-likeness (QED) is 0.750. The summed E-state index contributed by atoms with van der Waals surface area (Å²) in [5.74, 6) is -0.687. The Balaban J connectivity index is 1.62. The molecule has 8 heteroatoms. The van der Waals surface area contributed by atoms with E-state index in [-0.39, 0.29) is 18.4 Å². The molecule has 0 radical (unpaired) electrons. The number of carbonyl (C=O) groups is 3. The Morgan fingerprint density at radius 3 is 2.57 bits per heavy atom. The van der Waals surface area contributed by atoms with Gasteiger partial charge in [-0.2, -0.15) is 0 Å². The zero-order valence-electron chi connectivity index (χ0n) is 15.2. The first-order valence-electron chi connectivity index (χ1n) is 9.08. The average Bonchev–Trinajstić information content (AvgIpc) is 3.22. The van der Waals surface area contributed by atoms with Crippen LogP contribution in [-0.4, -0.2) is 37.4 Å². The number of carbonyl (C=O) groups excluding carboxylic acids is 3. The molecule has 2 aromatic carbocycles. The van der Waals surface area contributed by atoms with E-state index in [1.165, 1.54) is 0 Å². The van der Waals surface area contributed by atoms with Gasteiger partial charge in [-0.1, -0.05) is 0 Å². The molecule has 1 fully saturated rings. The minimum Gasteiger partial charge on any atom is -0.482 e. The number of nitrogens with one attached hydrogen (secondary N) is 2. The molecule has 3 amide bonds. The minimum atomic E-state index is -0.554. The van der Waals surface area contributed by atoms with E-state index in [0.29, 0.717) is 28.3 Å². The molecule has 4 rings (SSSR count). The van der Waals surface area contributed by atoms with Gasteiger partial charge in [0.15, 0.2) is 6.61 Å². The maximum atomic E-state index is 12.8. The van der Waals surface area contributed by atoms with E-state index >= 15 is 0 Å². The summed E-state index contributed by atoms with van der Waals surface area (Å²) in [6, 6.07) is 9.90. The van der Waals surface area contributed by atoms with Crippen LogP contribution in [0, 0.1) is 0 Å². The van der Waals surface area contributed by atoms with Gasteiger partial charge < -0.3 is 26.0 Å². The first-order valence-corrected chi connectivity index (χ1v) is 9.08. The van der Waals surface area contributed by atoms with Crippen LogP contribution in [-0.2, 0) is 4.79 Å². The predicted molar refractivity (Wildman–Crippen MR) is 105 cm³/mol. The summed E-state index contributed by atoms with van der Waals surface area (Å²) in [7, 11) is 0. The van der Waals surface area contributed by atoms with Gasteiger partial charge in [-0.15, -0.1) is 0 Å². The highest BCUT2D eigenvalue weighted by Crippen LogP contribution is 2.32. The molecular weight excluding hydrogens is 360 g/mol. The van der Waals surface area contributed by atoms with Crippen molar-refractivity contribution in [1.29, 1.82) is 0 Å². The number of amides is 3. The van der Waals surface area contributed by atoms with Crippen LogP contribution in [0.5, 0.6) is 5.75 Å². The topological polar surface area (TPSA) is 114 Å². The Kier molecular flexibility index (Phi) is 4.60. The Morgan fingerprint density at radius 2 is 1.82 bits per heavy atom. The molecule has 0 bridgehead atoms. The number of rotatable bonds is 4. The number of hydrogen-bond acceptors (Lipinski definition) is 5. The second-order valence-corrected chi connectivity index (χ2v) is 6.79. The molecule has 0 aliphatic carbocycles. The Bertz CT molecular complexity index is 967. The van der Waals surface area contributed by atoms with Gasteiger partial charge in [-0.05, 0) is 49.2 Å². The fourth-order valence-electron chi connectivity index (χ4n) is 3.43. The standard InChI is InChI=1S/C20H20N4O4/c21-19(26)12-4-6-16(24-7-1-2-8-24)15(9-12)23-20(27)13-3-5-14-17(10-13)28-11-18(25)22-14/h3-6,9-10H,1-2,7-8,11H2,(H2,21,26)(H,22,25)(H,23,27). The van der Waals surface area contributed by atoms with E-state index in [0.717, 1.165) is 31.6 Å². The Hall–Kier alpha value is -3.55. The van der Waals surface area contributed by atoms with Crippen molar-refractivity contribution >= 4 is 34.8 Å². The van der Waals surface area contributed by atoms with Gasteiger partial charge in [0.25, 0.3) is 11.8 Å². The fourth-order valence-corrected chi connectivity index (χ4v) is 3.43. The highest BCUT2D eigenvalue weighted by molar-refractivity contribution is 6.08. The van der Waals surface area contributed by atoms with E-state index in [4.69, 9.17) is 10.5 Å². The van der Waals surface area contributed by atoms with Crippen molar-refractivity contribution in [2.24, 2.45) is 5.73 Å². The SMILES string of the molecule is NC(=O)c1ccc(N2CCCC2)c(NC(=O)c2ccc3c(c2)OCC(=O)N3)c1. The second-order valence-electron chi connectivity index (χ2n) is 6.79. The van der Waals surface area contributed by atoms with Crippen LogP contribution < -0.4 is 26.0 Å². The van der Waals surface area contributed by atoms with Gasteiger partial charge in [-0.3, -0.25) is 14.4 Å². The van der Waals surface area contributed by atoms with Crippen molar-refractivity contribution in [2.75, 3.05) is 35.2 Å².